The SMILES string of the molecule is CCNc1ccc([N+](=O)[O-])c(NCCC(=O)NC2CC2)n1. The van der Waals surface area contributed by atoms with Crippen LogP contribution in [0.2, 0.25) is 0 Å². The van der Waals surface area contributed by atoms with Gasteiger partial charge in [0.05, 0.1) is 4.92 Å². The molecule has 0 saturated heterocycles. The second kappa shape index (κ2) is 6.87. The van der Waals surface area contributed by atoms with Gasteiger partial charge in [-0.1, -0.05) is 0 Å². The van der Waals surface area contributed by atoms with Gasteiger partial charge in [0, 0.05) is 31.6 Å². The highest BCUT2D eigenvalue weighted by Crippen LogP contribution is 2.24. The first-order valence-electron chi connectivity index (χ1n) is 7.02. The summed E-state index contributed by atoms with van der Waals surface area (Å²) >= 11 is 0. The maximum atomic E-state index is 11.6. The molecule has 0 atom stereocenters. The Labute approximate surface area is 122 Å². The molecular weight excluding hydrogens is 274 g/mol. The molecule has 1 amide bonds. The van der Waals surface area contributed by atoms with Crippen molar-refractivity contribution in [2.75, 3.05) is 23.7 Å². The lowest BCUT2D eigenvalue weighted by atomic mass is 10.3. The summed E-state index contributed by atoms with van der Waals surface area (Å²) in [7, 11) is 0. The highest BCUT2D eigenvalue weighted by atomic mass is 16.6. The molecule has 1 heterocycles. The van der Waals surface area contributed by atoms with Crippen molar-refractivity contribution >= 4 is 23.2 Å². The van der Waals surface area contributed by atoms with Crippen molar-refractivity contribution in [3.8, 4) is 0 Å². The van der Waals surface area contributed by atoms with Crippen molar-refractivity contribution in [1.29, 1.82) is 0 Å². The molecule has 1 aliphatic carbocycles. The number of nitrogens with zero attached hydrogens (tertiary/aromatic N) is 2. The molecule has 114 valence electrons. The smallest absolute Gasteiger partial charge is 0.311 e. The molecule has 3 N–H and O–H groups in total. The molecule has 0 aromatic carbocycles. The molecule has 21 heavy (non-hydrogen) atoms. The summed E-state index contributed by atoms with van der Waals surface area (Å²) in [5.74, 6) is 0.696. The van der Waals surface area contributed by atoms with Crippen LogP contribution in [0.1, 0.15) is 26.2 Å². The average molecular weight is 293 g/mol. The Morgan fingerprint density at radius 3 is 2.81 bits per heavy atom. The van der Waals surface area contributed by atoms with Gasteiger partial charge in [0.1, 0.15) is 5.82 Å². The zero-order valence-corrected chi connectivity index (χ0v) is 11.9. The Bertz CT molecular complexity index is 531. The predicted octanol–water partition coefficient (Wildman–Crippen LogP) is 1.50. The molecule has 1 aliphatic rings. The van der Waals surface area contributed by atoms with Crippen molar-refractivity contribution in [3.63, 3.8) is 0 Å². The van der Waals surface area contributed by atoms with Gasteiger partial charge in [0.15, 0.2) is 0 Å². The molecule has 0 spiro atoms. The summed E-state index contributed by atoms with van der Waals surface area (Å²) in [6.07, 6.45) is 2.34. The molecule has 1 aromatic rings. The Hall–Kier alpha value is -2.38. The fourth-order valence-electron chi connectivity index (χ4n) is 1.83. The van der Waals surface area contributed by atoms with Crippen molar-refractivity contribution in [1.82, 2.24) is 10.3 Å². The summed E-state index contributed by atoms with van der Waals surface area (Å²) in [6.45, 7) is 2.90. The van der Waals surface area contributed by atoms with Crippen LogP contribution in [0.25, 0.3) is 0 Å². The number of anilines is 2. The van der Waals surface area contributed by atoms with Gasteiger partial charge in [-0.25, -0.2) is 4.98 Å². The molecule has 0 aliphatic heterocycles. The van der Waals surface area contributed by atoms with Crippen LogP contribution in [0, 0.1) is 10.1 Å². The van der Waals surface area contributed by atoms with E-state index in [4.69, 9.17) is 0 Å². The van der Waals surface area contributed by atoms with Crippen molar-refractivity contribution in [3.05, 3.63) is 22.2 Å². The number of pyridine rings is 1. The summed E-state index contributed by atoms with van der Waals surface area (Å²) in [4.78, 5) is 26.2. The van der Waals surface area contributed by atoms with Gasteiger partial charge in [0.25, 0.3) is 0 Å². The Kier molecular flexibility index (Phi) is 4.91. The van der Waals surface area contributed by atoms with E-state index in [1.54, 1.807) is 6.07 Å². The van der Waals surface area contributed by atoms with Gasteiger partial charge >= 0.3 is 5.69 Å². The molecule has 2 rings (SSSR count). The fraction of sp³-hybridized carbons (Fsp3) is 0.538. The van der Waals surface area contributed by atoms with Crippen molar-refractivity contribution < 1.29 is 9.72 Å². The molecule has 8 heteroatoms. The Morgan fingerprint density at radius 2 is 2.19 bits per heavy atom. The lowest BCUT2D eigenvalue weighted by molar-refractivity contribution is -0.384. The maximum Gasteiger partial charge on any atom is 0.311 e. The van der Waals surface area contributed by atoms with Gasteiger partial charge in [-0.15, -0.1) is 0 Å². The van der Waals surface area contributed by atoms with Crippen LogP contribution >= 0.6 is 0 Å². The third-order valence-corrected chi connectivity index (χ3v) is 3.02. The van der Waals surface area contributed by atoms with Gasteiger partial charge in [-0.05, 0) is 25.8 Å². The first kappa shape index (κ1) is 15.0. The van der Waals surface area contributed by atoms with Crippen molar-refractivity contribution in [2.45, 2.75) is 32.2 Å². The third kappa shape index (κ3) is 4.59. The monoisotopic (exact) mass is 293 g/mol. The predicted molar refractivity (Wildman–Crippen MR) is 79.3 cm³/mol. The van der Waals surface area contributed by atoms with Crippen LogP contribution in [-0.2, 0) is 4.79 Å². The standard InChI is InChI=1S/C13H19N5O3/c1-2-14-11-6-5-10(18(20)21)13(17-11)15-8-7-12(19)16-9-3-4-9/h5-6,9H,2-4,7-8H2,1H3,(H,16,19)(H2,14,15,17). The van der Waals surface area contributed by atoms with E-state index in [1.807, 2.05) is 6.92 Å². The summed E-state index contributed by atoms with van der Waals surface area (Å²) in [6, 6.07) is 3.28. The van der Waals surface area contributed by atoms with E-state index < -0.39 is 4.92 Å². The first-order valence-corrected chi connectivity index (χ1v) is 7.02. The number of rotatable bonds is 8. The lowest BCUT2D eigenvalue weighted by Gasteiger charge is -2.09. The number of carbonyl (C=O) groups is 1. The number of amides is 1. The zero-order valence-electron chi connectivity index (χ0n) is 11.9. The van der Waals surface area contributed by atoms with Crippen LogP contribution in [0.15, 0.2) is 12.1 Å². The zero-order chi connectivity index (χ0) is 15.2. The van der Waals surface area contributed by atoms with Crippen LogP contribution in [-0.4, -0.2) is 34.9 Å². The van der Waals surface area contributed by atoms with Gasteiger partial charge < -0.3 is 16.0 Å². The highest BCUT2D eigenvalue weighted by molar-refractivity contribution is 5.77. The first-order chi connectivity index (χ1) is 10.1. The molecule has 1 fully saturated rings. The number of nitro groups is 1. The second-order valence-electron chi connectivity index (χ2n) is 4.87. The molecule has 0 bridgehead atoms. The molecule has 8 nitrogen and oxygen atoms in total. The number of nitrogens with one attached hydrogen (secondary N) is 3. The Morgan fingerprint density at radius 1 is 1.43 bits per heavy atom. The maximum absolute atomic E-state index is 11.6. The largest absolute Gasteiger partial charge is 0.370 e. The number of carbonyl (C=O) groups excluding carboxylic acids is 1. The molecule has 1 saturated carbocycles. The minimum absolute atomic E-state index is 0.0458. The van der Waals surface area contributed by atoms with Crippen molar-refractivity contribution in [2.24, 2.45) is 0 Å². The summed E-state index contributed by atoms with van der Waals surface area (Å²) < 4.78 is 0. The van der Waals surface area contributed by atoms with Gasteiger partial charge in [-0.3, -0.25) is 14.9 Å². The van der Waals surface area contributed by atoms with Crippen LogP contribution in [0.3, 0.4) is 0 Å². The van der Waals surface area contributed by atoms with E-state index >= 15 is 0 Å². The van der Waals surface area contributed by atoms with E-state index in [2.05, 4.69) is 20.9 Å². The van der Waals surface area contributed by atoms with Crippen LogP contribution in [0.4, 0.5) is 17.3 Å². The van der Waals surface area contributed by atoms with E-state index in [0.29, 0.717) is 24.9 Å². The van der Waals surface area contributed by atoms with E-state index in [0.717, 1.165) is 12.8 Å². The molecular formula is C13H19N5O3. The molecule has 1 aromatic heterocycles. The van der Waals surface area contributed by atoms with Gasteiger partial charge in [0.2, 0.25) is 11.7 Å². The molecule has 0 unspecified atom stereocenters. The number of hydrogen-bond acceptors (Lipinski definition) is 6. The van der Waals surface area contributed by atoms with Gasteiger partial charge in [-0.2, -0.15) is 0 Å². The van der Waals surface area contributed by atoms with E-state index in [1.165, 1.54) is 6.07 Å². The number of aromatic nitrogens is 1. The van der Waals surface area contributed by atoms with Crippen LogP contribution in [0.5, 0.6) is 0 Å². The lowest BCUT2D eigenvalue weighted by Crippen LogP contribution is -2.27. The minimum Gasteiger partial charge on any atom is -0.370 e. The summed E-state index contributed by atoms with van der Waals surface area (Å²) in [5.41, 5.74) is -0.0979. The highest BCUT2D eigenvalue weighted by Gasteiger charge is 2.23. The molecule has 0 radical (unpaired) electrons. The fourth-order valence-corrected chi connectivity index (χ4v) is 1.83. The number of hydrogen-bond donors (Lipinski definition) is 3. The van der Waals surface area contributed by atoms with E-state index in [9.17, 15) is 14.9 Å². The topological polar surface area (TPSA) is 109 Å². The minimum atomic E-state index is -0.491. The van der Waals surface area contributed by atoms with Crippen LogP contribution < -0.4 is 16.0 Å². The van der Waals surface area contributed by atoms with E-state index in [-0.39, 0.29) is 23.8 Å². The average Bonchev–Trinajstić information content (AvgIpc) is 3.23. The third-order valence-electron chi connectivity index (χ3n) is 3.02. The normalized spacial score (nSPS) is 13.6. The quantitative estimate of drug-likeness (QED) is 0.495. The Balaban J connectivity index is 1.93. The summed E-state index contributed by atoms with van der Waals surface area (Å²) in [5, 5.41) is 19.7. The second-order valence-corrected chi connectivity index (χ2v) is 4.87.